The zero-order valence-electron chi connectivity index (χ0n) is 14.1. The van der Waals surface area contributed by atoms with Crippen LogP contribution in [0, 0.1) is 0 Å². The van der Waals surface area contributed by atoms with Crippen molar-refractivity contribution in [1.29, 1.82) is 0 Å². The minimum atomic E-state index is -0.465. The summed E-state index contributed by atoms with van der Waals surface area (Å²) in [7, 11) is 0. The molecular formula is C20H18N4O2. The maximum absolute atomic E-state index is 12.4. The van der Waals surface area contributed by atoms with Gasteiger partial charge in [-0.1, -0.05) is 30.3 Å². The second-order valence-electron chi connectivity index (χ2n) is 6.24. The highest BCUT2D eigenvalue weighted by Gasteiger charge is 2.38. The number of hydrogen-bond acceptors (Lipinski definition) is 3. The first-order valence-electron chi connectivity index (χ1n) is 8.43. The molecule has 0 radical (unpaired) electrons. The van der Waals surface area contributed by atoms with Crippen molar-refractivity contribution < 1.29 is 9.59 Å². The number of β-lactam (4-membered cyclic amide) rings is 1. The first-order valence-corrected chi connectivity index (χ1v) is 8.43. The zero-order chi connectivity index (χ0) is 17.9. The highest BCUT2D eigenvalue weighted by atomic mass is 16.2. The number of rotatable bonds is 5. The largest absolute Gasteiger partial charge is 0.339 e. The van der Waals surface area contributed by atoms with Crippen LogP contribution in [0.5, 0.6) is 0 Å². The van der Waals surface area contributed by atoms with Gasteiger partial charge in [0.15, 0.2) is 0 Å². The Morgan fingerprint density at radius 3 is 2.54 bits per heavy atom. The van der Waals surface area contributed by atoms with Crippen LogP contribution in [0.3, 0.4) is 0 Å². The highest BCUT2D eigenvalue weighted by Crippen LogP contribution is 2.21. The lowest BCUT2D eigenvalue weighted by molar-refractivity contribution is -0.124. The van der Waals surface area contributed by atoms with Crippen molar-refractivity contribution >= 4 is 17.5 Å². The third-order valence-corrected chi connectivity index (χ3v) is 4.44. The number of anilines is 1. The van der Waals surface area contributed by atoms with Gasteiger partial charge >= 0.3 is 0 Å². The van der Waals surface area contributed by atoms with Crippen LogP contribution in [-0.4, -0.2) is 34.0 Å². The van der Waals surface area contributed by atoms with E-state index in [1.54, 1.807) is 29.6 Å². The van der Waals surface area contributed by atoms with Crippen molar-refractivity contribution in [1.82, 2.24) is 14.9 Å². The SMILES string of the molecule is O=C(NC1CN(c2ccccc2)C1=O)c1ccc(Cn2ccnc2)cc1. The fraction of sp³-hybridized carbons (Fsp3) is 0.150. The van der Waals surface area contributed by atoms with Crippen molar-refractivity contribution in [3.63, 3.8) is 0 Å². The van der Waals surface area contributed by atoms with E-state index in [2.05, 4.69) is 10.3 Å². The fourth-order valence-corrected chi connectivity index (χ4v) is 2.97. The number of benzene rings is 2. The summed E-state index contributed by atoms with van der Waals surface area (Å²) in [5.41, 5.74) is 2.48. The monoisotopic (exact) mass is 346 g/mol. The molecule has 1 aromatic heterocycles. The summed E-state index contributed by atoms with van der Waals surface area (Å²) >= 11 is 0. The molecule has 0 saturated carbocycles. The molecule has 2 amide bonds. The van der Waals surface area contributed by atoms with Crippen LogP contribution < -0.4 is 10.2 Å². The van der Waals surface area contributed by atoms with E-state index in [-0.39, 0.29) is 11.8 Å². The molecule has 0 aliphatic carbocycles. The Balaban J connectivity index is 1.35. The van der Waals surface area contributed by atoms with Crippen LogP contribution in [0.4, 0.5) is 5.69 Å². The van der Waals surface area contributed by atoms with Gasteiger partial charge in [0.25, 0.3) is 11.8 Å². The van der Waals surface area contributed by atoms with Crippen LogP contribution in [0.25, 0.3) is 0 Å². The molecule has 26 heavy (non-hydrogen) atoms. The summed E-state index contributed by atoms with van der Waals surface area (Å²) < 4.78 is 1.96. The molecule has 1 saturated heterocycles. The predicted octanol–water partition coefficient (Wildman–Crippen LogP) is 2.08. The maximum Gasteiger partial charge on any atom is 0.251 e. The summed E-state index contributed by atoms with van der Waals surface area (Å²) in [6.45, 7) is 1.20. The fourth-order valence-electron chi connectivity index (χ4n) is 2.97. The first kappa shape index (κ1) is 16.1. The van der Waals surface area contributed by atoms with Gasteiger partial charge in [0, 0.05) is 30.2 Å². The lowest BCUT2D eigenvalue weighted by atomic mass is 10.0. The Morgan fingerprint density at radius 2 is 1.88 bits per heavy atom. The van der Waals surface area contributed by atoms with Gasteiger partial charge in [0.2, 0.25) is 0 Å². The lowest BCUT2D eigenvalue weighted by Crippen LogP contribution is -2.64. The molecule has 1 fully saturated rings. The van der Waals surface area contributed by atoms with Crippen LogP contribution in [0.2, 0.25) is 0 Å². The van der Waals surface area contributed by atoms with Crippen molar-refractivity contribution in [2.45, 2.75) is 12.6 Å². The van der Waals surface area contributed by atoms with E-state index in [1.807, 2.05) is 53.2 Å². The van der Waals surface area contributed by atoms with E-state index in [9.17, 15) is 9.59 Å². The first-order chi connectivity index (χ1) is 12.7. The van der Waals surface area contributed by atoms with Crippen molar-refractivity contribution in [3.8, 4) is 0 Å². The number of carbonyl (C=O) groups excluding carboxylic acids is 2. The molecule has 6 heteroatoms. The molecule has 1 N–H and O–H groups in total. The summed E-state index contributed by atoms with van der Waals surface area (Å²) in [6.07, 6.45) is 5.37. The Hall–Kier alpha value is -3.41. The van der Waals surface area contributed by atoms with E-state index < -0.39 is 6.04 Å². The molecule has 0 bridgehead atoms. The second kappa shape index (κ2) is 6.84. The number of hydrogen-bond donors (Lipinski definition) is 1. The van der Waals surface area contributed by atoms with Crippen LogP contribution in [0.1, 0.15) is 15.9 Å². The van der Waals surface area contributed by atoms with Crippen LogP contribution >= 0.6 is 0 Å². The average Bonchev–Trinajstić information content (AvgIpc) is 3.18. The van der Waals surface area contributed by atoms with Gasteiger partial charge < -0.3 is 14.8 Å². The minimum absolute atomic E-state index is 0.0822. The van der Waals surface area contributed by atoms with Crippen LogP contribution in [0.15, 0.2) is 73.3 Å². The second-order valence-corrected chi connectivity index (χ2v) is 6.24. The molecule has 4 rings (SSSR count). The van der Waals surface area contributed by atoms with Crippen LogP contribution in [-0.2, 0) is 11.3 Å². The quantitative estimate of drug-likeness (QED) is 0.719. The summed E-state index contributed by atoms with van der Waals surface area (Å²) in [5.74, 6) is -0.313. The van der Waals surface area contributed by atoms with E-state index >= 15 is 0 Å². The van der Waals surface area contributed by atoms with E-state index in [0.717, 1.165) is 11.3 Å². The highest BCUT2D eigenvalue weighted by molar-refractivity contribution is 6.07. The van der Waals surface area contributed by atoms with Crippen molar-refractivity contribution in [2.24, 2.45) is 0 Å². The van der Waals surface area contributed by atoms with Gasteiger partial charge in [-0.15, -0.1) is 0 Å². The third kappa shape index (κ3) is 3.21. The molecule has 1 unspecified atom stereocenters. The molecule has 6 nitrogen and oxygen atoms in total. The van der Waals surface area contributed by atoms with Gasteiger partial charge in [0.05, 0.1) is 12.9 Å². The van der Waals surface area contributed by atoms with Gasteiger partial charge in [-0.25, -0.2) is 4.98 Å². The van der Waals surface area contributed by atoms with E-state index in [1.165, 1.54) is 0 Å². The zero-order valence-corrected chi connectivity index (χ0v) is 14.1. The van der Waals surface area contributed by atoms with Gasteiger partial charge in [-0.2, -0.15) is 0 Å². The Morgan fingerprint density at radius 1 is 1.12 bits per heavy atom. The molecule has 1 atom stereocenters. The Kier molecular flexibility index (Phi) is 4.23. The summed E-state index contributed by atoms with van der Waals surface area (Å²) in [5, 5.41) is 2.80. The lowest BCUT2D eigenvalue weighted by Gasteiger charge is -2.38. The van der Waals surface area contributed by atoms with Gasteiger partial charge in [-0.05, 0) is 29.8 Å². The number of nitrogens with one attached hydrogen (secondary N) is 1. The number of nitrogens with zero attached hydrogens (tertiary/aromatic N) is 3. The number of imidazole rings is 1. The van der Waals surface area contributed by atoms with Gasteiger partial charge in [-0.3, -0.25) is 9.59 Å². The minimum Gasteiger partial charge on any atom is -0.339 e. The Bertz CT molecular complexity index is 905. The Labute approximate surface area is 151 Å². The number of aromatic nitrogens is 2. The predicted molar refractivity (Wildman–Crippen MR) is 97.8 cm³/mol. The topological polar surface area (TPSA) is 67.2 Å². The maximum atomic E-state index is 12.4. The normalized spacial score (nSPS) is 16.2. The summed E-state index contributed by atoms with van der Waals surface area (Å²) in [4.78, 5) is 30.3. The molecule has 1 aliphatic heterocycles. The number of para-hydroxylation sites is 1. The molecule has 2 heterocycles. The number of carbonyl (C=O) groups is 2. The standard InChI is InChI=1S/C20H18N4O2/c25-19(16-8-6-15(7-9-16)12-23-11-10-21-14-23)22-18-13-24(20(18)26)17-4-2-1-3-5-17/h1-11,14,18H,12-13H2,(H,22,25). The average molecular weight is 346 g/mol. The molecule has 3 aromatic rings. The molecular weight excluding hydrogens is 328 g/mol. The smallest absolute Gasteiger partial charge is 0.251 e. The van der Waals surface area contributed by atoms with Crippen molar-refractivity contribution in [2.75, 3.05) is 11.4 Å². The number of amides is 2. The van der Waals surface area contributed by atoms with E-state index in [4.69, 9.17) is 0 Å². The van der Waals surface area contributed by atoms with Gasteiger partial charge in [0.1, 0.15) is 6.04 Å². The molecule has 130 valence electrons. The van der Waals surface area contributed by atoms with E-state index in [0.29, 0.717) is 18.7 Å². The van der Waals surface area contributed by atoms with Crippen molar-refractivity contribution in [3.05, 3.63) is 84.4 Å². The molecule has 1 aliphatic rings. The molecule has 0 spiro atoms. The molecule has 2 aromatic carbocycles. The third-order valence-electron chi connectivity index (χ3n) is 4.44. The summed E-state index contributed by atoms with van der Waals surface area (Å²) in [6, 6.07) is 16.4.